The summed E-state index contributed by atoms with van der Waals surface area (Å²) in [5.41, 5.74) is 3.25. The molecular formula is C16H17N3O. The highest BCUT2D eigenvalue weighted by atomic mass is 16.3. The van der Waals surface area contributed by atoms with Gasteiger partial charge in [0.2, 0.25) is 0 Å². The lowest BCUT2D eigenvalue weighted by Crippen LogP contribution is -2.24. The molecule has 0 saturated carbocycles. The highest BCUT2D eigenvalue weighted by Crippen LogP contribution is 2.24. The van der Waals surface area contributed by atoms with Crippen molar-refractivity contribution in [1.82, 2.24) is 15.1 Å². The molecule has 20 heavy (non-hydrogen) atoms. The molecule has 0 radical (unpaired) electrons. The molecule has 1 atom stereocenters. The summed E-state index contributed by atoms with van der Waals surface area (Å²) in [6.07, 6.45) is 5.30. The summed E-state index contributed by atoms with van der Waals surface area (Å²) < 4.78 is 7.17. The van der Waals surface area contributed by atoms with Crippen LogP contribution < -0.4 is 5.32 Å². The number of hydrogen-bond acceptors (Lipinski definition) is 3. The van der Waals surface area contributed by atoms with E-state index in [0.29, 0.717) is 0 Å². The van der Waals surface area contributed by atoms with E-state index in [9.17, 15) is 0 Å². The van der Waals surface area contributed by atoms with Crippen LogP contribution in [0.1, 0.15) is 24.2 Å². The van der Waals surface area contributed by atoms with E-state index < -0.39 is 0 Å². The summed E-state index contributed by atoms with van der Waals surface area (Å²) >= 11 is 0. The average Bonchev–Trinajstić information content (AvgIpc) is 3.17. The molecule has 1 N–H and O–H groups in total. The minimum absolute atomic E-state index is 0.0708. The Morgan fingerprint density at radius 3 is 2.75 bits per heavy atom. The van der Waals surface area contributed by atoms with Crippen LogP contribution in [0.15, 0.2) is 65.6 Å². The van der Waals surface area contributed by atoms with E-state index >= 15 is 0 Å². The summed E-state index contributed by atoms with van der Waals surface area (Å²) in [7, 11) is 0. The number of nitrogens with one attached hydrogen (secondary N) is 1. The zero-order chi connectivity index (χ0) is 13.8. The molecule has 0 fully saturated rings. The molecule has 0 saturated heterocycles. The zero-order valence-electron chi connectivity index (χ0n) is 11.4. The first-order valence-electron chi connectivity index (χ1n) is 6.75. The van der Waals surface area contributed by atoms with Crippen molar-refractivity contribution in [2.45, 2.75) is 13.0 Å². The maximum Gasteiger partial charge on any atom is 0.0954 e. The van der Waals surface area contributed by atoms with Crippen molar-refractivity contribution in [2.75, 3.05) is 6.54 Å². The Balaban J connectivity index is 2.03. The second-order valence-electron chi connectivity index (χ2n) is 4.55. The van der Waals surface area contributed by atoms with Crippen molar-refractivity contribution in [3.05, 3.63) is 72.4 Å². The minimum Gasteiger partial charge on any atom is -0.472 e. The van der Waals surface area contributed by atoms with E-state index in [-0.39, 0.29) is 6.04 Å². The second-order valence-corrected chi connectivity index (χ2v) is 4.55. The molecule has 0 spiro atoms. The molecule has 3 rings (SSSR count). The quantitative estimate of drug-likeness (QED) is 0.772. The monoisotopic (exact) mass is 267 g/mol. The standard InChI is InChI=1S/C16H17N3O/c1-2-17-16(13-9-11-20-12-13)15-8-10-18-19(15)14-6-4-3-5-7-14/h3-12,16-17H,2H2,1H3. The maximum atomic E-state index is 5.22. The smallest absolute Gasteiger partial charge is 0.0954 e. The summed E-state index contributed by atoms with van der Waals surface area (Å²) in [5.74, 6) is 0. The van der Waals surface area contributed by atoms with Gasteiger partial charge in [-0.1, -0.05) is 25.1 Å². The Hall–Kier alpha value is -2.33. The van der Waals surface area contributed by atoms with Gasteiger partial charge in [0, 0.05) is 11.8 Å². The Bertz CT molecular complexity index is 643. The summed E-state index contributed by atoms with van der Waals surface area (Å²) in [6, 6.07) is 14.2. The Kier molecular flexibility index (Phi) is 3.65. The van der Waals surface area contributed by atoms with Crippen molar-refractivity contribution in [3.63, 3.8) is 0 Å². The second kappa shape index (κ2) is 5.75. The summed E-state index contributed by atoms with van der Waals surface area (Å²) in [5, 5.41) is 7.92. The third-order valence-electron chi connectivity index (χ3n) is 3.25. The predicted molar refractivity (Wildman–Crippen MR) is 77.8 cm³/mol. The van der Waals surface area contributed by atoms with Crippen LogP contribution in [0.3, 0.4) is 0 Å². The first-order valence-corrected chi connectivity index (χ1v) is 6.75. The first-order chi connectivity index (χ1) is 9.90. The lowest BCUT2D eigenvalue weighted by molar-refractivity contribution is 0.546. The number of rotatable bonds is 5. The number of aromatic nitrogens is 2. The highest BCUT2D eigenvalue weighted by molar-refractivity contribution is 5.35. The largest absolute Gasteiger partial charge is 0.472 e. The van der Waals surface area contributed by atoms with Gasteiger partial charge in [-0.25, -0.2) is 4.68 Å². The molecule has 2 aromatic heterocycles. The molecule has 1 aromatic carbocycles. The highest BCUT2D eigenvalue weighted by Gasteiger charge is 2.19. The van der Waals surface area contributed by atoms with Gasteiger partial charge in [-0.3, -0.25) is 0 Å². The molecule has 4 heteroatoms. The summed E-state index contributed by atoms with van der Waals surface area (Å²) in [4.78, 5) is 0. The third-order valence-corrected chi connectivity index (χ3v) is 3.25. The number of para-hydroxylation sites is 1. The molecular weight excluding hydrogens is 250 g/mol. The molecule has 102 valence electrons. The van der Waals surface area contributed by atoms with Gasteiger partial charge in [-0.2, -0.15) is 5.10 Å². The van der Waals surface area contributed by atoms with E-state index in [1.807, 2.05) is 41.2 Å². The maximum absolute atomic E-state index is 5.22. The number of benzene rings is 1. The van der Waals surface area contributed by atoms with Crippen LogP contribution in [0.2, 0.25) is 0 Å². The molecule has 4 nitrogen and oxygen atoms in total. The molecule has 0 aliphatic heterocycles. The van der Waals surface area contributed by atoms with Gasteiger partial charge >= 0.3 is 0 Å². The minimum atomic E-state index is 0.0708. The van der Waals surface area contributed by atoms with Crippen LogP contribution in [0.5, 0.6) is 0 Å². The summed E-state index contributed by atoms with van der Waals surface area (Å²) in [6.45, 7) is 2.96. The molecule has 0 bridgehead atoms. The van der Waals surface area contributed by atoms with Crippen LogP contribution in [0, 0.1) is 0 Å². The van der Waals surface area contributed by atoms with Crippen molar-refractivity contribution in [2.24, 2.45) is 0 Å². The van der Waals surface area contributed by atoms with Gasteiger partial charge in [-0.05, 0) is 30.8 Å². The van der Waals surface area contributed by atoms with Crippen LogP contribution in [0.4, 0.5) is 0 Å². The molecule has 3 aromatic rings. The Morgan fingerprint density at radius 2 is 2.05 bits per heavy atom. The molecule has 0 amide bonds. The Morgan fingerprint density at radius 1 is 1.20 bits per heavy atom. The van der Waals surface area contributed by atoms with E-state index in [1.54, 1.807) is 12.5 Å². The molecule has 1 unspecified atom stereocenters. The van der Waals surface area contributed by atoms with Crippen LogP contribution in [-0.4, -0.2) is 16.3 Å². The van der Waals surface area contributed by atoms with Gasteiger partial charge < -0.3 is 9.73 Å². The number of hydrogen-bond donors (Lipinski definition) is 1. The lowest BCUT2D eigenvalue weighted by atomic mass is 10.1. The fourth-order valence-corrected chi connectivity index (χ4v) is 2.35. The Labute approximate surface area is 118 Å². The zero-order valence-corrected chi connectivity index (χ0v) is 11.4. The first kappa shape index (κ1) is 12.7. The fraction of sp³-hybridized carbons (Fsp3) is 0.188. The van der Waals surface area contributed by atoms with Gasteiger partial charge in [-0.15, -0.1) is 0 Å². The van der Waals surface area contributed by atoms with Gasteiger partial charge in [0.25, 0.3) is 0 Å². The third kappa shape index (κ3) is 2.38. The SMILES string of the molecule is CCNC(c1ccoc1)c1ccnn1-c1ccccc1. The van der Waals surface area contributed by atoms with Gasteiger partial charge in [0.1, 0.15) is 0 Å². The number of nitrogens with zero attached hydrogens (tertiary/aromatic N) is 2. The van der Waals surface area contributed by atoms with Crippen LogP contribution >= 0.6 is 0 Å². The normalized spacial score (nSPS) is 12.4. The van der Waals surface area contributed by atoms with Gasteiger partial charge in [0.15, 0.2) is 0 Å². The van der Waals surface area contributed by atoms with Crippen molar-refractivity contribution < 1.29 is 4.42 Å². The molecule has 0 aliphatic carbocycles. The predicted octanol–water partition coefficient (Wildman–Crippen LogP) is 3.16. The molecule has 0 aliphatic rings. The van der Waals surface area contributed by atoms with Crippen molar-refractivity contribution >= 4 is 0 Å². The van der Waals surface area contributed by atoms with Crippen LogP contribution in [-0.2, 0) is 0 Å². The van der Waals surface area contributed by atoms with Crippen LogP contribution in [0.25, 0.3) is 5.69 Å². The lowest BCUT2D eigenvalue weighted by Gasteiger charge is -2.18. The fourth-order valence-electron chi connectivity index (χ4n) is 2.35. The van der Waals surface area contributed by atoms with E-state index in [0.717, 1.165) is 23.5 Å². The average molecular weight is 267 g/mol. The van der Waals surface area contributed by atoms with E-state index in [1.165, 1.54) is 0 Å². The van der Waals surface area contributed by atoms with E-state index in [2.05, 4.69) is 29.5 Å². The number of furan rings is 1. The van der Waals surface area contributed by atoms with Crippen molar-refractivity contribution in [3.8, 4) is 5.69 Å². The van der Waals surface area contributed by atoms with Crippen molar-refractivity contribution in [1.29, 1.82) is 0 Å². The topological polar surface area (TPSA) is 43.0 Å². The van der Waals surface area contributed by atoms with Gasteiger partial charge in [0.05, 0.1) is 29.9 Å². The van der Waals surface area contributed by atoms with E-state index in [4.69, 9.17) is 4.42 Å². The molecule has 2 heterocycles.